The average Bonchev–Trinajstić information content (AvgIpc) is 2.69. The van der Waals surface area contributed by atoms with E-state index in [4.69, 9.17) is 4.74 Å². The van der Waals surface area contributed by atoms with E-state index in [1.807, 2.05) is 42.5 Å². The Morgan fingerprint density at radius 1 is 1.15 bits per heavy atom. The summed E-state index contributed by atoms with van der Waals surface area (Å²) in [5.41, 5.74) is 1.90. The summed E-state index contributed by atoms with van der Waals surface area (Å²) < 4.78 is 6.06. The summed E-state index contributed by atoms with van der Waals surface area (Å²) in [5.74, 6) is 2.31. The molecule has 1 aliphatic heterocycles. The van der Waals surface area contributed by atoms with Gasteiger partial charge in [-0.15, -0.1) is 9.24 Å². The third kappa shape index (κ3) is 4.37. The molecule has 0 aliphatic carbocycles. The molecular weight excluding hydrogens is 355 g/mol. The Balaban J connectivity index is 1.49. The molecule has 0 saturated carbocycles. The Kier molecular flexibility index (Phi) is 5.51. The zero-order chi connectivity index (χ0) is 18.6. The van der Waals surface area contributed by atoms with Gasteiger partial charge in [-0.05, 0) is 62.4 Å². The minimum absolute atomic E-state index is 0.637. The molecule has 0 radical (unpaired) electrons. The zero-order valence-corrected chi connectivity index (χ0v) is 16.7. The molecule has 1 fully saturated rings. The van der Waals surface area contributed by atoms with Crippen LogP contribution in [-0.4, -0.2) is 41.6 Å². The summed E-state index contributed by atoms with van der Waals surface area (Å²) in [6.07, 6.45) is 4.00. The molecule has 1 unspecified atom stereocenters. The van der Waals surface area contributed by atoms with Crippen molar-refractivity contribution in [2.45, 2.75) is 12.8 Å². The first-order valence-electron chi connectivity index (χ1n) is 9.36. The summed E-state index contributed by atoms with van der Waals surface area (Å²) in [7, 11) is 4.92. The topological polar surface area (TPSA) is 50.3 Å². The molecule has 1 N–H and O–H groups in total. The van der Waals surface area contributed by atoms with E-state index in [-0.39, 0.29) is 0 Å². The maximum atomic E-state index is 6.06. The maximum Gasteiger partial charge on any atom is 0.141 e. The van der Waals surface area contributed by atoms with E-state index in [1.54, 1.807) is 6.33 Å². The molecule has 0 bridgehead atoms. The van der Waals surface area contributed by atoms with Gasteiger partial charge in [0, 0.05) is 17.1 Å². The van der Waals surface area contributed by atoms with E-state index in [9.17, 15) is 0 Å². The molecule has 1 saturated heterocycles. The molecule has 1 atom stereocenters. The number of nitrogens with zero attached hydrogens (tertiary/aromatic N) is 3. The molecule has 0 spiro atoms. The van der Waals surface area contributed by atoms with Crippen molar-refractivity contribution in [1.29, 1.82) is 0 Å². The lowest BCUT2D eigenvalue weighted by molar-refractivity contribution is 0.160. The second kappa shape index (κ2) is 8.20. The fourth-order valence-electron chi connectivity index (χ4n) is 3.41. The quantitative estimate of drug-likeness (QED) is 0.686. The Bertz CT molecular complexity index is 925. The van der Waals surface area contributed by atoms with Crippen LogP contribution in [0, 0.1) is 5.92 Å². The number of para-hydroxylation sites is 1. The smallest absolute Gasteiger partial charge is 0.141 e. The van der Waals surface area contributed by atoms with E-state index in [0.717, 1.165) is 53.2 Å². The molecule has 27 heavy (non-hydrogen) atoms. The molecule has 4 rings (SSSR count). The Labute approximate surface area is 162 Å². The van der Waals surface area contributed by atoms with Crippen LogP contribution in [0.25, 0.3) is 10.9 Å². The number of hydrogen-bond acceptors (Lipinski definition) is 5. The highest BCUT2D eigenvalue weighted by Crippen LogP contribution is 2.27. The number of aromatic nitrogens is 2. The summed E-state index contributed by atoms with van der Waals surface area (Å²) >= 11 is 0. The predicted octanol–water partition coefficient (Wildman–Crippen LogP) is 3.59. The summed E-state index contributed by atoms with van der Waals surface area (Å²) in [6, 6.07) is 14.2. The van der Waals surface area contributed by atoms with E-state index in [0.29, 0.717) is 5.92 Å². The monoisotopic (exact) mass is 380 g/mol. The molecule has 3 aromatic rings. The van der Waals surface area contributed by atoms with Crippen molar-refractivity contribution in [1.82, 2.24) is 14.9 Å². The first-order chi connectivity index (χ1) is 13.2. The SMILES string of the molecule is CN1CCC(COc2ccc3c(Nc4ccccc4P)ncnc3c2)CC1. The molecule has 5 nitrogen and oxygen atoms in total. The Morgan fingerprint density at radius 2 is 1.96 bits per heavy atom. The standard InChI is InChI=1S/C21H25N4OP/c1-25-10-8-15(9-11-25)13-26-16-6-7-17-19(12-16)22-14-23-21(17)24-18-4-2-3-5-20(18)27/h2-7,12,14-15H,8-11,13,27H2,1H3,(H,22,23,24). The number of anilines is 2. The van der Waals surface area contributed by atoms with Gasteiger partial charge in [-0.2, -0.15) is 0 Å². The molecule has 6 heteroatoms. The minimum atomic E-state index is 0.637. The second-order valence-corrected chi connectivity index (χ2v) is 7.79. The van der Waals surface area contributed by atoms with Crippen LogP contribution in [0.3, 0.4) is 0 Å². The lowest BCUT2D eigenvalue weighted by Gasteiger charge is -2.28. The first kappa shape index (κ1) is 18.1. The minimum Gasteiger partial charge on any atom is -0.493 e. The molecule has 1 aliphatic rings. The van der Waals surface area contributed by atoms with Gasteiger partial charge >= 0.3 is 0 Å². The van der Waals surface area contributed by atoms with Crippen molar-refractivity contribution in [3.8, 4) is 5.75 Å². The van der Waals surface area contributed by atoms with Crippen LogP contribution in [0.15, 0.2) is 48.8 Å². The molecule has 0 amide bonds. The van der Waals surface area contributed by atoms with Gasteiger partial charge in [-0.1, -0.05) is 18.2 Å². The summed E-state index contributed by atoms with van der Waals surface area (Å²) in [5, 5.41) is 5.49. The lowest BCUT2D eigenvalue weighted by Crippen LogP contribution is -2.32. The van der Waals surface area contributed by atoms with Gasteiger partial charge in [0.1, 0.15) is 17.9 Å². The number of nitrogens with one attached hydrogen (secondary N) is 1. The van der Waals surface area contributed by atoms with Gasteiger partial charge in [0.15, 0.2) is 0 Å². The third-order valence-corrected chi connectivity index (χ3v) is 5.65. The van der Waals surface area contributed by atoms with Crippen LogP contribution in [0.1, 0.15) is 12.8 Å². The van der Waals surface area contributed by atoms with Crippen molar-refractivity contribution in [3.05, 3.63) is 48.8 Å². The van der Waals surface area contributed by atoms with Crippen LogP contribution < -0.4 is 15.4 Å². The lowest BCUT2D eigenvalue weighted by atomic mass is 9.98. The molecule has 2 aromatic carbocycles. The fraction of sp³-hybridized carbons (Fsp3) is 0.333. The fourth-order valence-corrected chi connectivity index (χ4v) is 3.69. The molecule has 140 valence electrons. The normalized spacial score (nSPS) is 15.8. The summed E-state index contributed by atoms with van der Waals surface area (Å²) in [4.78, 5) is 11.2. The number of benzene rings is 2. The Morgan fingerprint density at radius 3 is 2.78 bits per heavy atom. The number of ether oxygens (including phenoxy) is 1. The zero-order valence-electron chi connectivity index (χ0n) is 15.6. The Hall–Kier alpha value is -2.23. The van der Waals surface area contributed by atoms with Gasteiger partial charge < -0.3 is 15.0 Å². The van der Waals surface area contributed by atoms with E-state index >= 15 is 0 Å². The van der Waals surface area contributed by atoms with Crippen molar-refractivity contribution in [2.24, 2.45) is 5.92 Å². The largest absolute Gasteiger partial charge is 0.493 e. The predicted molar refractivity (Wildman–Crippen MR) is 114 cm³/mol. The number of fused-ring (bicyclic) bond motifs is 1. The molecule has 1 aromatic heterocycles. The van der Waals surface area contributed by atoms with Crippen LogP contribution in [0.2, 0.25) is 0 Å². The average molecular weight is 380 g/mol. The number of likely N-dealkylation sites (tertiary alicyclic amines) is 1. The molecule has 2 heterocycles. The van der Waals surface area contributed by atoms with Gasteiger partial charge in [0.05, 0.1) is 12.1 Å². The highest BCUT2D eigenvalue weighted by atomic mass is 31.0. The van der Waals surface area contributed by atoms with Crippen molar-refractivity contribution >= 4 is 37.0 Å². The van der Waals surface area contributed by atoms with Crippen molar-refractivity contribution < 1.29 is 4.74 Å². The first-order valence-corrected chi connectivity index (χ1v) is 9.94. The van der Waals surface area contributed by atoms with Gasteiger partial charge in [0.25, 0.3) is 0 Å². The van der Waals surface area contributed by atoms with Crippen LogP contribution in [0.4, 0.5) is 11.5 Å². The summed E-state index contributed by atoms with van der Waals surface area (Å²) in [6.45, 7) is 3.09. The van der Waals surface area contributed by atoms with Gasteiger partial charge in [0.2, 0.25) is 0 Å². The highest BCUT2D eigenvalue weighted by molar-refractivity contribution is 7.28. The van der Waals surface area contributed by atoms with Gasteiger partial charge in [-0.25, -0.2) is 9.97 Å². The maximum absolute atomic E-state index is 6.06. The van der Waals surface area contributed by atoms with E-state index < -0.39 is 0 Å². The molecular formula is C21H25N4OP. The second-order valence-electron chi connectivity index (χ2n) is 7.17. The third-order valence-electron chi connectivity index (χ3n) is 5.15. The van der Waals surface area contributed by atoms with Gasteiger partial charge in [-0.3, -0.25) is 0 Å². The number of rotatable bonds is 5. The van der Waals surface area contributed by atoms with E-state index in [1.165, 1.54) is 12.8 Å². The van der Waals surface area contributed by atoms with Crippen LogP contribution in [0.5, 0.6) is 5.75 Å². The van der Waals surface area contributed by atoms with E-state index in [2.05, 4.69) is 36.5 Å². The highest BCUT2D eigenvalue weighted by Gasteiger charge is 2.17. The van der Waals surface area contributed by atoms with Crippen molar-refractivity contribution in [2.75, 3.05) is 32.1 Å². The van der Waals surface area contributed by atoms with Crippen LogP contribution >= 0.6 is 9.24 Å². The van der Waals surface area contributed by atoms with Crippen molar-refractivity contribution in [3.63, 3.8) is 0 Å². The number of hydrogen-bond donors (Lipinski definition) is 1. The number of piperidine rings is 1. The van der Waals surface area contributed by atoms with Crippen LogP contribution in [-0.2, 0) is 0 Å².